The zero-order valence-corrected chi connectivity index (χ0v) is 25.5. The van der Waals surface area contributed by atoms with Crippen LogP contribution < -0.4 is 16.0 Å². The summed E-state index contributed by atoms with van der Waals surface area (Å²) in [5.41, 5.74) is 2.76. The first-order valence-corrected chi connectivity index (χ1v) is 14.7. The molecule has 1 aromatic heterocycles. The molecule has 2 heterocycles. The molecule has 0 aliphatic carbocycles. The molecule has 0 saturated carbocycles. The summed E-state index contributed by atoms with van der Waals surface area (Å²) < 4.78 is 76.1. The lowest BCUT2D eigenvalue weighted by molar-refractivity contribution is -0.123. The molecule has 8 nitrogen and oxygen atoms in total. The van der Waals surface area contributed by atoms with E-state index in [0.29, 0.717) is 17.0 Å². The van der Waals surface area contributed by atoms with Gasteiger partial charge in [-0.05, 0) is 54.7 Å². The van der Waals surface area contributed by atoms with Crippen LogP contribution in [0.3, 0.4) is 0 Å². The van der Waals surface area contributed by atoms with Gasteiger partial charge >= 0.3 is 12.3 Å². The molecule has 4 rings (SSSR count). The molecule has 2 aromatic carbocycles. The molecule has 1 aliphatic rings. The summed E-state index contributed by atoms with van der Waals surface area (Å²) in [5, 5.41) is 7.98. The van der Waals surface area contributed by atoms with Crippen molar-refractivity contribution < 1.29 is 41.0 Å². The monoisotopic (exact) mass is 666 g/mol. The van der Waals surface area contributed by atoms with E-state index in [2.05, 4.69) is 22.2 Å². The molecular formula is C32H32ClF5N4O4. The highest BCUT2D eigenvalue weighted by Gasteiger charge is 2.30. The highest BCUT2D eigenvalue weighted by Crippen LogP contribution is 2.32. The van der Waals surface area contributed by atoms with Crippen LogP contribution in [0.2, 0.25) is 5.02 Å². The molecule has 246 valence electrons. The molecular weight excluding hydrogens is 635 g/mol. The molecule has 3 aromatic rings. The van der Waals surface area contributed by atoms with E-state index in [1.54, 1.807) is 29.6 Å². The molecule has 1 saturated heterocycles. The Morgan fingerprint density at radius 2 is 1.87 bits per heavy atom. The van der Waals surface area contributed by atoms with Crippen molar-refractivity contribution in [1.29, 1.82) is 0 Å². The first-order chi connectivity index (χ1) is 21.8. The fraction of sp³-hybridized carbons (Fsp3) is 0.344. The quantitative estimate of drug-likeness (QED) is 0.158. The van der Waals surface area contributed by atoms with E-state index in [1.807, 2.05) is 13.0 Å². The van der Waals surface area contributed by atoms with E-state index >= 15 is 0 Å². The normalized spacial score (nSPS) is 17.2. The average Bonchev–Trinajstić information content (AvgIpc) is 3.00. The number of hydrogen-bond acceptors (Lipinski definition) is 6. The number of alkyl carbamates (subject to hydrolysis) is 1. The third-order valence-corrected chi connectivity index (χ3v) is 7.80. The first kappa shape index (κ1) is 34.8. The van der Waals surface area contributed by atoms with Gasteiger partial charge in [0.1, 0.15) is 23.9 Å². The Hall–Kier alpha value is -4.07. The Morgan fingerprint density at radius 3 is 2.52 bits per heavy atom. The zero-order chi connectivity index (χ0) is 33.4. The van der Waals surface area contributed by atoms with E-state index < -0.39 is 54.4 Å². The Bertz CT molecular complexity index is 1550. The van der Waals surface area contributed by atoms with E-state index in [1.165, 1.54) is 18.3 Å². The van der Waals surface area contributed by atoms with Crippen LogP contribution in [0.5, 0.6) is 0 Å². The smallest absolute Gasteiger partial charge is 0.412 e. The second-order valence-electron chi connectivity index (χ2n) is 10.8. The van der Waals surface area contributed by atoms with Crippen LogP contribution in [0.15, 0.2) is 67.2 Å². The van der Waals surface area contributed by atoms with E-state index in [0.717, 1.165) is 17.3 Å². The Balaban J connectivity index is 1.35. The number of rotatable bonds is 11. The second kappa shape index (κ2) is 15.5. The standard InChI is InChI=1S/C32H32ClF5N4O4/c1-18-11-21(5-10-26(18)33)25(20-3-6-22(34)7-4-20)12-30(43)42-28-15-39-14-27(35)24(28)9-8-23-13-40-29(16-45-23)19(2)46-31(44)41-17-32(36,37)38/h3-7,10-11,14-15,23,25,29,40H,2,8-9,12-13,16-17H2,1H3,(H,41,44)(H,42,43). The number of morpholine rings is 1. The number of aryl methyl sites for hydroxylation is 1. The number of ether oxygens (including phenoxy) is 2. The fourth-order valence-corrected chi connectivity index (χ4v) is 5.06. The number of nitrogens with one attached hydrogen (secondary N) is 3. The Labute approximate surface area is 267 Å². The van der Waals surface area contributed by atoms with E-state index in [4.69, 9.17) is 21.1 Å². The van der Waals surface area contributed by atoms with Crippen LogP contribution in [0.25, 0.3) is 0 Å². The molecule has 1 fully saturated rings. The summed E-state index contributed by atoms with van der Waals surface area (Å²) in [6.07, 6.45) is -3.38. The number of hydrogen-bond donors (Lipinski definition) is 3. The zero-order valence-electron chi connectivity index (χ0n) is 24.7. The molecule has 3 unspecified atom stereocenters. The van der Waals surface area contributed by atoms with Gasteiger partial charge in [-0.15, -0.1) is 0 Å². The number of alkyl halides is 3. The van der Waals surface area contributed by atoms with Crippen molar-refractivity contribution in [2.45, 2.75) is 50.4 Å². The number of anilines is 1. The number of carbonyl (C=O) groups excluding carboxylic acids is 2. The van der Waals surface area contributed by atoms with E-state index in [-0.39, 0.29) is 43.0 Å². The molecule has 3 N–H and O–H groups in total. The number of carbonyl (C=O) groups is 2. The van der Waals surface area contributed by atoms with Crippen LogP contribution >= 0.6 is 11.6 Å². The molecule has 46 heavy (non-hydrogen) atoms. The highest BCUT2D eigenvalue weighted by atomic mass is 35.5. The van der Waals surface area contributed by atoms with E-state index in [9.17, 15) is 31.5 Å². The van der Waals surface area contributed by atoms with Crippen molar-refractivity contribution in [3.63, 3.8) is 0 Å². The van der Waals surface area contributed by atoms with Crippen molar-refractivity contribution >= 4 is 29.3 Å². The number of halogens is 6. The van der Waals surface area contributed by atoms with Gasteiger partial charge in [0.2, 0.25) is 5.91 Å². The summed E-state index contributed by atoms with van der Waals surface area (Å²) in [7, 11) is 0. The molecule has 14 heteroatoms. The molecule has 1 aliphatic heterocycles. The molecule has 0 spiro atoms. The summed E-state index contributed by atoms with van der Waals surface area (Å²) in [6.45, 7) is 4.14. The lowest BCUT2D eigenvalue weighted by atomic mass is 9.87. The fourth-order valence-electron chi connectivity index (χ4n) is 4.94. The Morgan fingerprint density at radius 1 is 1.15 bits per heavy atom. The number of nitrogens with zero attached hydrogens (tertiary/aromatic N) is 1. The second-order valence-corrected chi connectivity index (χ2v) is 11.2. The predicted octanol–water partition coefficient (Wildman–Crippen LogP) is 6.57. The molecule has 2 amide bonds. The van der Waals surface area contributed by atoms with Crippen molar-refractivity contribution in [1.82, 2.24) is 15.6 Å². The van der Waals surface area contributed by atoms with Crippen LogP contribution in [-0.2, 0) is 20.7 Å². The van der Waals surface area contributed by atoms with Crippen LogP contribution in [0.4, 0.5) is 32.4 Å². The van der Waals surface area contributed by atoms with Crippen LogP contribution in [0.1, 0.15) is 41.0 Å². The maximum Gasteiger partial charge on any atom is 0.412 e. The largest absolute Gasteiger partial charge is 0.414 e. The van der Waals surface area contributed by atoms with Gasteiger partial charge in [-0.25, -0.2) is 13.6 Å². The van der Waals surface area contributed by atoms with Crippen molar-refractivity contribution in [2.24, 2.45) is 0 Å². The third kappa shape index (κ3) is 9.96. The molecule has 3 atom stereocenters. The van der Waals surface area contributed by atoms with Crippen molar-refractivity contribution in [2.75, 3.05) is 25.0 Å². The van der Waals surface area contributed by atoms with Gasteiger partial charge in [0.15, 0.2) is 0 Å². The van der Waals surface area contributed by atoms with Gasteiger partial charge in [-0.2, -0.15) is 13.2 Å². The molecule has 0 radical (unpaired) electrons. The van der Waals surface area contributed by atoms with Crippen molar-refractivity contribution in [3.8, 4) is 0 Å². The first-order valence-electron chi connectivity index (χ1n) is 14.3. The summed E-state index contributed by atoms with van der Waals surface area (Å²) >= 11 is 6.21. The topological polar surface area (TPSA) is 102 Å². The lowest BCUT2D eigenvalue weighted by Crippen LogP contribution is -2.48. The predicted molar refractivity (Wildman–Crippen MR) is 161 cm³/mol. The van der Waals surface area contributed by atoms with Gasteiger partial charge in [0, 0.05) is 29.5 Å². The number of aromatic nitrogens is 1. The third-order valence-electron chi connectivity index (χ3n) is 7.38. The van der Waals surface area contributed by atoms with Crippen LogP contribution in [-0.4, -0.2) is 55.0 Å². The number of benzene rings is 2. The van der Waals surface area contributed by atoms with Gasteiger partial charge < -0.3 is 25.4 Å². The summed E-state index contributed by atoms with van der Waals surface area (Å²) in [6, 6.07) is 10.6. The minimum absolute atomic E-state index is 0.00736. The van der Waals surface area contributed by atoms with Gasteiger partial charge in [-0.3, -0.25) is 9.78 Å². The van der Waals surface area contributed by atoms with Gasteiger partial charge in [0.25, 0.3) is 0 Å². The average molecular weight is 667 g/mol. The van der Waals surface area contributed by atoms with Crippen LogP contribution in [0, 0.1) is 18.6 Å². The minimum Gasteiger partial charge on any atom is -0.414 e. The van der Waals surface area contributed by atoms with Gasteiger partial charge in [0.05, 0.1) is 36.8 Å². The molecule has 0 bridgehead atoms. The lowest BCUT2D eigenvalue weighted by Gasteiger charge is -2.31. The maximum atomic E-state index is 14.9. The number of amides is 2. The van der Waals surface area contributed by atoms with Gasteiger partial charge in [-0.1, -0.05) is 42.4 Å². The van der Waals surface area contributed by atoms with Crippen molar-refractivity contribution in [3.05, 3.63) is 106 Å². The summed E-state index contributed by atoms with van der Waals surface area (Å²) in [5.74, 6) is -1.99. The Kier molecular flexibility index (Phi) is 11.7. The number of pyridine rings is 1. The minimum atomic E-state index is -4.58. The maximum absolute atomic E-state index is 14.9. The summed E-state index contributed by atoms with van der Waals surface area (Å²) in [4.78, 5) is 28.8. The highest BCUT2D eigenvalue weighted by molar-refractivity contribution is 6.31. The SMILES string of the molecule is C=C(OC(=O)NCC(F)(F)F)C1COC(CCc2c(F)cncc2NC(=O)CC(c2ccc(F)cc2)c2ccc(Cl)c(C)c2)CN1.